The molecule has 0 fully saturated rings. The Labute approximate surface area is 187 Å². The summed E-state index contributed by atoms with van der Waals surface area (Å²) in [6.07, 6.45) is 1.28. The van der Waals surface area contributed by atoms with Crippen LogP contribution in [0.4, 0.5) is 5.82 Å². The zero-order chi connectivity index (χ0) is 22.0. The van der Waals surface area contributed by atoms with Crippen LogP contribution >= 0.6 is 22.9 Å². The number of carbonyl (C=O) groups is 1. The molecule has 0 saturated heterocycles. The van der Waals surface area contributed by atoms with Crippen LogP contribution in [0, 0.1) is 6.92 Å². The van der Waals surface area contributed by atoms with Gasteiger partial charge >= 0.3 is 5.97 Å². The Morgan fingerprint density at radius 2 is 1.94 bits per heavy atom. The van der Waals surface area contributed by atoms with Crippen LogP contribution in [0.5, 0.6) is 11.5 Å². The predicted octanol–water partition coefficient (Wildman–Crippen LogP) is 5.70. The summed E-state index contributed by atoms with van der Waals surface area (Å²) in [4.78, 5) is 15.5. The highest BCUT2D eigenvalue weighted by Gasteiger charge is 2.17. The Morgan fingerprint density at radius 1 is 1.16 bits per heavy atom. The molecule has 0 saturated carbocycles. The third-order valence-corrected chi connectivity index (χ3v) is 6.11. The SMILES string of the molecule is Cc1ccc(OCc2ccc(Cl)cc2)cc1OCc1csc2c(C(=O)O)cnc(N)c12. The van der Waals surface area contributed by atoms with Crippen molar-refractivity contribution in [1.82, 2.24) is 4.98 Å². The summed E-state index contributed by atoms with van der Waals surface area (Å²) in [7, 11) is 0. The van der Waals surface area contributed by atoms with Crippen molar-refractivity contribution in [3.63, 3.8) is 0 Å². The number of nitrogens with zero attached hydrogens (tertiary/aromatic N) is 1. The van der Waals surface area contributed by atoms with Gasteiger partial charge in [0.2, 0.25) is 0 Å². The second-order valence-corrected chi connectivity index (χ2v) is 8.27. The molecule has 0 aliphatic carbocycles. The number of ether oxygens (including phenoxy) is 2. The molecule has 4 rings (SSSR count). The Balaban J connectivity index is 1.51. The summed E-state index contributed by atoms with van der Waals surface area (Å²) in [5, 5.41) is 12.5. The molecule has 0 spiro atoms. The normalized spacial score (nSPS) is 10.9. The van der Waals surface area contributed by atoms with Crippen molar-refractivity contribution in [3.8, 4) is 11.5 Å². The number of benzene rings is 2. The number of hydrogen-bond acceptors (Lipinski definition) is 6. The van der Waals surface area contributed by atoms with Gasteiger partial charge in [0.1, 0.15) is 30.5 Å². The number of anilines is 1. The van der Waals surface area contributed by atoms with Gasteiger partial charge in [-0.3, -0.25) is 0 Å². The molecule has 158 valence electrons. The van der Waals surface area contributed by atoms with Crippen LogP contribution in [-0.2, 0) is 13.2 Å². The Kier molecular flexibility index (Phi) is 5.97. The third-order valence-electron chi connectivity index (χ3n) is 4.79. The van der Waals surface area contributed by atoms with E-state index in [4.69, 9.17) is 26.8 Å². The quantitative estimate of drug-likeness (QED) is 0.372. The highest BCUT2D eigenvalue weighted by Crippen LogP contribution is 2.34. The van der Waals surface area contributed by atoms with Crippen LogP contribution in [-0.4, -0.2) is 16.1 Å². The van der Waals surface area contributed by atoms with E-state index < -0.39 is 5.97 Å². The zero-order valence-electron chi connectivity index (χ0n) is 16.6. The number of pyridine rings is 1. The number of carboxylic acids is 1. The Bertz CT molecular complexity index is 1250. The number of aromatic carboxylic acids is 1. The number of aromatic nitrogens is 1. The van der Waals surface area contributed by atoms with Crippen LogP contribution in [0.3, 0.4) is 0 Å². The van der Waals surface area contributed by atoms with Gasteiger partial charge in [0.05, 0.1) is 10.3 Å². The summed E-state index contributed by atoms with van der Waals surface area (Å²) in [6.45, 7) is 2.59. The maximum Gasteiger partial charge on any atom is 0.338 e. The second kappa shape index (κ2) is 8.83. The standard InChI is InChI=1S/C23H19ClN2O4S/c1-13-2-7-17(29-10-14-3-5-16(24)6-4-14)8-19(13)30-11-15-12-31-21-18(23(27)28)9-26-22(25)20(15)21/h2-9,12H,10-11H2,1H3,(H2,25,26)(H,27,28). The first-order valence-corrected chi connectivity index (χ1v) is 10.7. The average molecular weight is 455 g/mol. The van der Waals surface area contributed by atoms with Gasteiger partial charge in [0.15, 0.2) is 0 Å². The Hall–Kier alpha value is -3.29. The van der Waals surface area contributed by atoms with Crippen molar-refractivity contribution in [2.75, 3.05) is 5.73 Å². The number of nitrogens with two attached hydrogens (primary N) is 1. The number of thiophene rings is 1. The lowest BCUT2D eigenvalue weighted by molar-refractivity contribution is 0.0699. The van der Waals surface area contributed by atoms with Crippen molar-refractivity contribution in [2.45, 2.75) is 20.1 Å². The number of rotatable bonds is 7. The van der Waals surface area contributed by atoms with Gasteiger partial charge < -0.3 is 20.3 Å². The lowest BCUT2D eigenvalue weighted by atomic mass is 10.1. The van der Waals surface area contributed by atoms with Crippen LogP contribution in [0.2, 0.25) is 5.02 Å². The van der Waals surface area contributed by atoms with Crippen LogP contribution in [0.1, 0.15) is 27.0 Å². The van der Waals surface area contributed by atoms with E-state index in [0.717, 1.165) is 16.7 Å². The van der Waals surface area contributed by atoms with Crippen molar-refractivity contribution in [1.29, 1.82) is 0 Å². The first-order valence-electron chi connectivity index (χ1n) is 9.41. The molecule has 2 aromatic carbocycles. The minimum Gasteiger partial charge on any atom is -0.489 e. The van der Waals surface area contributed by atoms with E-state index >= 15 is 0 Å². The molecule has 31 heavy (non-hydrogen) atoms. The predicted molar refractivity (Wildman–Crippen MR) is 122 cm³/mol. The summed E-state index contributed by atoms with van der Waals surface area (Å²) >= 11 is 7.23. The van der Waals surface area contributed by atoms with Gasteiger partial charge in [0, 0.05) is 28.2 Å². The van der Waals surface area contributed by atoms with E-state index in [-0.39, 0.29) is 18.0 Å². The summed E-state index contributed by atoms with van der Waals surface area (Å²) < 4.78 is 12.5. The van der Waals surface area contributed by atoms with E-state index in [1.807, 2.05) is 54.8 Å². The highest BCUT2D eigenvalue weighted by atomic mass is 35.5. The molecule has 0 amide bonds. The smallest absolute Gasteiger partial charge is 0.338 e. The van der Waals surface area contributed by atoms with Crippen molar-refractivity contribution in [2.24, 2.45) is 0 Å². The molecule has 8 heteroatoms. The van der Waals surface area contributed by atoms with Gasteiger partial charge in [-0.1, -0.05) is 29.8 Å². The van der Waals surface area contributed by atoms with Crippen molar-refractivity contribution < 1.29 is 19.4 Å². The topological polar surface area (TPSA) is 94.7 Å². The van der Waals surface area contributed by atoms with Crippen molar-refractivity contribution in [3.05, 3.63) is 81.3 Å². The monoisotopic (exact) mass is 454 g/mol. The van der Waals surface area contributed by atoms with Gasteiger partial charge in [-0.25, -0.2) is 9.78 Å². The second-order valence-electron chi connectivity index (χ2n) is 6.96. The molecule has 4 aromatic rings. The lowest BCUT2D eigenvalue weighted by Crippen LogP contribution is -2.02. The molecule has 0 unspecified atom stereocenters. The molecule has 2 heterocycles. The molecule has 0 aliphatic heterocycles. The summed E-state index contributed by atoms with van der Waals surface area (Å²) in [5.41, 5.74) is 8.90. The molecule has 3 N–H and O–H groups in total. The lowest BCUT2D eigenvalue weighted by Gasteiger charge is -2.12. The molecule has 0 aliphatic rings. The maximum atomic E-state index is 11.5. The number of halogens is 1. The Morgan fingerprint density at radius 3 is 2.68 bits per heavy atom. The van der Waals surface area contributed by atoms with E-state index in [1.54, 1.807) is 0 Å². The average Bonchev–Trinajstić information content (AvgIpc) is 3.18. The van der Waals surface area contributed by atoms with Gasteiger partial charge in [-0.15, -0.1) is 11.3 Å². The minimum absolute atomic E-state index is 0.134. The molecule has 6 nitrogen and oxygen atoms in total. The largest absolute Gasteiger partial charge is 0.489 e. The zero-order valence-corrected chi connectivity index (χ0v) is 18.2. The molecular formula is C23H19ClN2O4S. The van der Waals surface area contributed by atoms with Crippen LogP contribution < -0.4 is 15.2 Å². The molecule has 0 atom stereocenters. The fraction of sp³-hybridized carbons (Fsp3) is 0.130. The summed E-state index contributed by atoms with van der Waals surface area (Å²) in [5.74, 6) is 0.610. The number of aryl methyl sites for hydroxylation is 1. The van der Waals surface area contributed by atoms with E-state index in [0.29, 0.717) is 33.2 Å². The van der Waals surface area contributed by atoms with Crippen molar-refractivity contribution >= 4 is 44.8 Å². The van der Waals surface area contributed by atoms with Gasteiger partial charge in [0.25, 0.3) is 0 Å². The highest BCUT2D eigenvalue weighted by molar-refractivity contribution is 7.17. The van der Waals surface area contributed by atoms with E-state index in [1.165, 1.54) is 17.5 Å². The number of fused-ring (bicyclic) bond motifs is 1. The van der Waals surface area contributed by atoms with Gasteiger partial charge in [-0.05, 0) is 41.6 Å². The number of nitrogen functional groups attached to an aromatic ring is 1. The molecule has 2 aromatic heterocycles. The van der Waals surface area contributed by atoms with Crippen LogP contribution in [0.15, 0.2) is 54.0 Å². The first-order chi connectivity index (χ1) is 14.9. The van der Waals surface area contributed by atoms with E-state index in [2.05, 4.69) is 4.98 Å². The fourth-order valence-electron chi connectivity index (χ4n) is 3.12. The van der Waals surface area contributed by atoms with Crippen LogP contribution in [0.25, 0.3) is 10.1 Å². The number of carboxylic acid groups (broad SMARTS) is 1. The van der Waals surface area contributed by atoms with E-state index in [9.17, 15) is 9.90 Å². The molecule has 0 bridgehead atoms. The van der Waals surface area contributed by atoms with Gasteiger partial charge in [-0.2, -0.15) is 0 Å². The molecule has 0 radical (unpaired) electrons. The molecular weight excluding hydrogens is 436 g/mol. The first kappa shape index (κ1) is 21.0. The minimum atomic E-state index is -1.03. The maximum absolute atomic E-state index is 11.5. The number of hydrogen-bond donors (Lipinski definition) is 2. The third kappa shape index (κ3) is 4.57. The summed E-state index contributed by atoms with van der Waals surface area (Å²) in [6, 6.07) is 13.1. The fourth-order valence-corrected chi connectivity index (χ4v) is 4.31.